The summed E-state index contributed by atoms with van der Waals surface area (Å²) in [4.78, 5) is 16.8. The number of rotatable bonds is 8. The molecule has 5 nitrogen and oxygen atoms in total. The Kier molecular flexibility index (Phi) is 8.01. The van der Waals surface area contributed by atoms with E-state index in [9.17, 15) is 4.79 Å². The van der Waals surface area contributed by atoms with Gasteiger partial charge in [0.2, 0.25) is 0 Å². The van der Waals surface area contributed by atoms with Gasteiger partial charge in [0.15, 0.2) is 0 Å². The van der Waals surface area contributed by atoms with Crippen molar-refractivity contribution in [2.75, 3.05) is 14.2 Å². The van der Waals surface area contributed by atoms with Crippen molar-refractivity contribution in [2.24, 2.45) is 0 Å². The Morgan fingerprint density at radius 1 is 0.846 bits per heavy atom. The van der Waals surface area contributed by atoms with Crippen LogP contribution in [0.1, 0.15) is 27.3 Å². The van der Waals surface area contributed by atoms with Crippen molar-refractivity contribution in [3.05, 3.63) is 130 Å². The molecule has 0 spiro atoms. The first-order valence-electron chi connectivity index (χ1n) is 12.4. The number of methoxy groups -OCH3 is 2. The van der Waals surface area contributed by atoms with Gasteiger partial charge in [-0.25, -0.2) is 9.78 Å². The highest BCUT2D eigenvalue weighted by atomic mass is 35.5. The predicted octanol–water partition coefficient (Wildman–Crippen LogP) is 7.96. The van der Waals surface area contributed by atoms with E-state index in [1.165, 1.54) is 7.11 Å². The lowest BCUT2D eigenvalue weighted by atomic mass is 10.0. The van der Waals surface area contributed by atoms with E-state index >= 15 is 0 Å². The van der Waals surface area contributed by atoms with Gasteiger partial charge < -0.3 is 14.0 Å². The summed E-state index contributed by atoms with van der Waals surface area (Å²) in [5.74, 6) is 1.36. The molecule has 0 aliphatic carbocycles. The second-order valence-electron chi connectivity index (χ2n) is 9.06. The number of halogens is 2. The number of carbonyl (C=O) groups excluding carboxylic acids is 1. The zero-order valence-corrected chi connectivity index (χ0v) is 23.0. The Morgan fingerprint density at radius 2 is 1.56 bits per heavy atom. The Hall–Kier alpha value is -4.06. The van der Waals surface area contributed by atoms with Gasteiger partial charge in [-0.1, -0.05) is 77.8 Å². The van der Waals surface area contributed by atoms with E-state index in [0.29, 0.717) is 28.6 Å². The molecule has 39 heavy (non-hydrogen) atoms. The van der Waals surface area contributed by atoms with E-state index in [-0.39, 0.29) is 5.97 Å². The van der Waals surface area contributed by atoms with Crippen molar-refractivity contribution in [3.63, 3.8) is 0 Å². The molecule has 0 N–H and O–H groups in total. The summed E-state index contributed by atoms with van der Waals surface area (Å²) in [7, 11) is 3.06. The molecule has 0 saturated carbocycles. The van der Waals surface area contributed by atoms with E-state index in [0.717, 1.165) is 45.1 Å². The number of ether oxygens (including phenoxy) is 2. The van der Waals surface area contributed by atoms with E-state index in [4.69, 9.17) is 37.7 Å². The molecule has 0 bridgehead atoms. The van der Waals surface area contributed by atoms with Crippen LogP contribution in [0.25, 0.3) is 22.4 Å². The third-order valence-corrected chi connectivity index (χ3v) is 7.08. The molecule has 0 unspecified atom stereocenters. The molecule has 4 aromatic carbocycles. The van der Waals surface area contributed by atoms with E-state index < -0.39 is 0 Å². The standard InChI is InChI=1S/C32H26Cl2N2O3/c1-38-30-6-4-3-5-26(30)23-11-7-21(8-12-23)17-31-35-29(27-16-15-25(33)18-28(27)34)20-36(31)19-22-9-13-24(14-10-22)32(37)39-2/h3-16,18,20H,17,19H2,1-2H3. The van der Waals surface area contributed by atoms with Crippen molar-refractivity contribution in [2.45, 2.75) is 13.0 Å². The topological polar surface area (TPSA) is 53.4 Å². The Labute approximate surface area is 237 Å². The van der Waals surface area contributed by atoms with Gasteiger partial charge in [0, 0.05) is 35.3 Å². The number of esters is 1. The number of hydrogen-bond donors (Lipinski definition) is 0. The van der Waals surface area contributed by atoms with E-state index in [2.05, 4.69) is 28.8 Å². The molecule has 0 aliphatic rings. The van der Waals surface area contributed by atoms with Crippen LogP contribution in [0.5, 0.6) is 5.75 Å². The zero-order valence-electron chi connectivity index (χ0n) is 21.5. The van der Waals surface area contributed by atoms with Crippen LogP contribution in [-0.4, -0.2) is 29.7 Å². The molecule has 0 saturated heterocycles. The minimum absolute atomic E-state index is 0.360. The Bertz CT molecular complexity index is 1610. The van der Waals surface area contributed by atoms with Gasteiger partial charge in [-0.15, -0.1) is 0 Å². The maximum absolute atomic E-state index is 11.8. The quantitative estimate of drug-likeness (QED) is 0.182. The van der Waals surface area contributed by atoms with Crippen LogP contribution in [0.2, 0.25) is 10.0 Å². The number of hydrogen-bond acceptors (Lipinski definition) is 4. The van der Waals surface area contributed by atoms with Gasteiger partial charge in [-0.3, -0.25) is 0 Å². The van der Waals surface area contributed by atoms with Crippen LogP contribution in [0.4, 0.5) is 0 Å². The number of imidazole rings is 1. The molecule has 0 aliphatic heterocycles. The van der Waals surface area contributed by atoms with Crippen LogP contribution in [0, 0.1) is 0 Å². The van der Waals surface area contributed by atoms with Crippen LogP contribution < -0.4 is 4.74 Å². The molecule has 5 rings (SSSR count). The number of aromatic nitrogens is 2. The average Bonchev–Trinajstić information content (AvgIpc) is 3.34. The minimum Gasteiger partial charge on any atom is -0.496 e. The van der Waals surface area contributed by atoms with Gasteiger partial charge in [0.05, 0.1) is 30.5 Å². The summed E-state index contributed by atoms with van der Waals surface area (Å²) in [6, 6.07) is 29.2. The highest BCUT2D eigenvalue weighted by Crippen LogP contribution is 2.32. The zero-order chi connectivity index (χ0) is 27.4. The summed E-state index contributed by atoms with van der Waals surface area (Å²) < 4.78 is 12.5. The Morgan fingerprint density at radius 3 is 2.26 bits per heavy atom. The van der Waals surface area contributed by atoms with Crippen molar-refractivity contribution >= 4 is 29.2 Å². The molecule has 1 aromatic heterocycles. The SMILES string of the molecule is COC(=O)c1ccc(Cn2cc(-c3ccc(Cl)cc3Cl)nc2Cc2ccc(-c3ccccc3OC)cc2)cc1. The first kappa shape index (κ1) is 26.5. The summed E-state index contributed by atoms with van der Waals surface area (Å²) in [5.41, 5.74) is 6.37. The van der Waals surface area contributed by atoms with Crippen LogP contribution in [0.3, 0.4) is 0 Å². The van der Waals surface area contributed by atoms with Crippen molar-refractivity contribution in [3.8, 4) is 28.1 Å². The predicted molar refractivity (Wildman–Crippen MR) is 156 cm³/mol. The van der Waals surface area contributed by atoms with Crippen molar-refractivity contribution in [1.82, 2.24) is 9.55 Å². The van der Waals surface area contributed by atoms with E-state index in [1.807, 2.05) is 54.7 Å². The third kappa shape index (κ3) is 6.00. The molecule has 0 amide bonds. The van der Waals surface area contributed by atoms with Crippen LogP contribution >= 0.6 is 23.2 Å². The fourth-order valence-electron chi connectivity index (χ4n) is 4.49. The smallest absolute Gasteiger partial charge is 0.337 e. The summed E-state index contributed by atoms with van der Waals surface area (Å²) >= 11 is 12.6. The van der Waals surface area contributed by atoms with Gasteiger partial charge in [-0.05, 0) is 53.1 Å². The summed E-state index contributed by atoms with van der Waals surface area (Å²) in [5, 5.41) is 1.12. The monoisotopic (exact) mass is 556 g/mol. The Balaban J connectivity index is 1.46. The van der Waals surface area contributed by atoms with Gasteiger partial charge in [0.1, 0.15) is 11.6 Å². The van der Waals surface area contributed by atoms with Crippen LogP contribution in [0.15, 0.2) is 97.2 Å². The molecular weight excluding hydrogens is 531 g/mol. The molecule has 196 valence electrons. The molecular formula is C32H26Cl2N2O3. The van der Waals surface area contributed by atoms with Gasteiger partial charge in [-0.2, -0.15) is 0 Å². The third-order valence-electron chi connectivity index (χ3n) is 6.53. The lowest BCUT2D eigenvalue weighted by molar-refractivity contribution is 0.0600. The van der Waals surface area contributed by atoms with Crippen LogP contribution in [-0.2, 0) is 17.7 Å². The fraction of sp³-hybridized carbons (Fsp3) is 0.125. The van der Waals surface area contributed by atoms with Crippen molar-refractivity contribution < 1.29 is 14.3 Å². The molecule has 5 aromatic rings. The first-order valence-corrected chi connectivity index (χ1v) is 13.1. The largest absolute Gasteiger partial charge is 0.496 e. The lowest BCUT2D eigenvalue weighted by Crippen LogP contribution is -2.06. The molecule has 0 atom stereocenters. The maximum atomic E-state index is 11.8. The average molecular weight is 557 g/mol. The second kappa shape index (κ2) is 11.8. The minimum atomic E-state index is -0.360. The maximum Gasteiger partial charge on any atom is 0.337 e. The number of carbonyl (C=O) groups is 1. The molecule has 0 radical (unpaired) electrons. The first-order chi connectivity index (χ1) is 18.9. The molecule has 7 heteroatoms. The molecule has 1 heterocycles. The summed E-state index contributed by atoms with van der Waals surface area (Å²) in [6.45, 7) is 0.578. The number of para-hydroxylation sites is 1. The number of nitrogens with zero attached hydrogens (tertiary/aromatic N) is 2. The second-order valence-corrected chi connectivity index (χ2v) is 9.90. The highest BCUT2D eigenvalue weighted by Gasteiger charge is 2.15. The van der Waals surface area contributed by atoms with E-state index in [1.54, 1.807) is 25.3 Å². The fourth-order valence-corrected chi connectivity index (χ4v) is 4.99. The highest BCUT2D eigenvalue weighted by molar-refractivity contribution is 6.36. The van der Waals surface area contributed by atoms with Gasteiger partial charge in [0.25, 0.3) is 0 Å². The normalized spacial score (nSPS) is 10.9. The number of benzene rings is 4. The molecule has 0 fully saturated rings. The lowest BCUT2D eigenvalue weighted by Gasteiger charge is -2.11. The van der Waals surface area contributed by atoms with Gasteiger partial charge >= 0.3 is 5.97 Å². The van der Waals surface area contributed by atoms with Crippen molar-refractivity contribution in [1.29, 1.82) is 0 Å². The summed E-state index contributed by atoms with van der Waals surface area (Å²) in [6.07, 6.45) is 2.62.